The first-order valence-corrected chi connectivity index (χ1v) is 8.42. The number of fused-ring (bicyclic) bond motifs is 1. The van der Waals surface area contributed by atoms with Crippen molar-refractivity contribution in [3.8, 4) is 6.07 Å². The van der Waals surface area contributed by atoms with Crippen molar-refractivity contribution in [2.24, 2.45) is 0 Å². The number of hydrogen-bond acceptors (Lipinski definition) is 5. The minimum Gasteiger partial charge on any atom is -0.458 e. The highest BCUT2D eigenvalue weighted by molar-refractivity contribution is 6.32. The highest BCUT2D eigenvalue weighted by atomic mass is 35.5. The molecule has 0 aliphatic carbocycles. The molecule has 0 radical (unpaired) electrons. The average Bonchev–Trinajstić information content (AvgIpc) is 2.66. The number of carbonyl (C=O) groups excluding carboxylic acids is 1. The van der Waals surface area contributed by atoms with Crippen LogP contribution in [0.1, 0.15) is 22.3 Å². The van der Waals surface area contributed by atoms with Gasteiger partial charge >= 0.3 is 11.6 Å². The fourth-order valence-electron chi connectivity index (χ4n) is 2.50. The van der Waals surface area contributed by atoms with E-state index in [1.165, 1.54) is 12.1 Å². The van der Waals surface area contributed by atoms with Crippen molar-refractivity contribution in [1.29, 1.82) is 5.26 Å². The molecule has 1 aromatic heterocycles. The summed E-state index contributed by atoms with van der Waals surface area (Å²) in [7, 11) is 0. The second-order valence-electron chi connectivity index (χ2n) is 5.86. The number of benzene rings is 2. The smallest absolute Gasteiger partial charge is 0.336 e. The molecule has 27 heavy (non-hydrogen) atoms. The SMILES string of the molecule is Cc1cc2oc(=O)cc(COC(=O)/C=C/c3ccc(C#N)cc3)c2cc1Cl. The van der Waals surface area contributed by atoms with Crippen LogP contribution in [0.5, 0.6) is 0 Å². The Kier molecular flexibility index (Phi) is 5.39. The maximum Gasteiger partial charge on any atom is 0.336 e. The molecule has 0 unspecified atom stereocenters. The quantitative estimate of drug-likeness (QED) is 0.381. The Morgan fingerprint density at radius 3 is 2.70 bits per heavy atom. The molecule has 0 aliphatic heterocycles. The first-order chi connectivity index (χ1) is 13.0. The summed E-state index contributed by atoms with van der Waals surface area (Å²) >= 11 is 6.14. The number of rotatable bonds is 4. The first kappa shape index (κ1) is 18.4. The van der Waals surface area contributed by atoms with E-state index < -0.39 is 11.6 Å². The van der Waals surface area contributed by atoms with Crippen LogP contribution in [-0.4, -0.2) is 5.97 Å². The van der Waals surface area contributed by atoms with Gasteiger partial charge in [0.15, 0.2) is 0 Å². The Morgan fingerprint density at radius 2 is 2.00 bits per heavy atom. The van der Waals surface area contributed by atoms with E-state index in [-0.39, 0.29) is 6.61 Å². The number of halogens is 1. The van der Waals surface area contributed by atoms with Crippen molar-refractivity contribution >= 4 is 34.6 Å². The minimum atomic E-state index is -0.557. The van der Waals surface area contributed by atoms with Crippen molar-refractivity contribution < 1.29 is 13.9 Å². The third-order valence-electron chi connectivity index (χ3n) is 3.93. The number of hydrogen-bond donors (Lipinski definition) is 0. The second-order valence-corrected chi connectivity index (χ2v) is 6.27. The maximum atomic E-state index is 12.0. The number of esters is 1. The lowest BCUT2D eigenvalue weighted by molar-refractivity contribution is -0.138. The van der Waals surface area contributed by atoms with E-state index in [0.717, 1.165) is 11.1 Å². The fraction of sp³-hybridized carbons (Fsp3) is 0.0952. The zero-order valence-electron chi connectivity index (χ0n) is 14.4. The predicted molar refractivity (Wildman–Crippen MR) is 102 cm³/mol. The molecule has 0 aliphatic rings. The molecule has 0 N–H and O–H groups in total. The van der Waals surface area contributed by atoms with Crippen molar-refractivity contribution in [2.75, 3.05) is 0 Å². The number of nitrogens with zero attached hydrogens (tertiary/aromatic N) is 1. The molecule has 2 aromatic carbocycles. The third kappa shape index (κ3) is 4.43. The lowest BCUT2D eigenvalue weighted by atomic mass is 10.1. The Labute approximate surface area is 160 Å². The van der Waals surface area contributed by atoms with Crippen LogP contribution in [0.25, 0.3) is 17.0 Å². The summed E-state index contributed by atoms with van der Waals surface area (Å²) in [6, 6.07) is 13.4. The summed E-state index contributed by atoms with van der Waals surface area (Å²) in [5, 5.41) is 9.92. The van der Waals surface area contributed by atoms with Gasteiger partial charge in [0.05, 0.1) is 11.6 Å². The van der Waals surface area contributed by atoms with E-state index in [1.807, 2.05) is 13.0 Å². The minimum absolute atomic E-state index is 0.0853. The molecule has 3 aromatic rings. The van der Waals surface area contributed by atoms with Gasteiger partial charge in [-0.15, -0.1) is 0 Å². The molecule has 0 atom stereocenters. The molecule has 3 rings (SSSR count). The van der Waals surface area contributed by atoms with Gasteiger partial charge in [-0.2, -0.15) is 5.26 Å². The van der Waals surface area contributed by atoms with Crippen LogP contribution in [-0.2, 0) is 16.1 Å². The van der Waals surface area contributed by atoms with Crippen molar-refractivity contribution in [1.82, 2.24) is 0 Å². The molecule has 1 heterocycles. The summed E-state index contributed by atoms with van der Waals surface area (Å²) in [6.45, 7) is 1.72. The predicted octanol–water partition coefficient (Wildman–Crippen LogP) is 4.38. The maximum absolute atomic E-state index is 12.0. The highest BCUT2D eigenvalue weighted by Crippen LogP contribution is 2.25. The summed E-state index contributed by atoms with van der Waals surface area (Å²) in [5.41, 5.74) is 2.47. The average molecular weight is 380 g/mol. The number of carbonyl (C=O) groups is 1. The van der Waals surface area contributed by atoms with Gasteiger partial charge in [0.25, 0.3) is 0 Å². The van der Waals surface area contributed by atoms with Crippen LogP contribution in [0.4, 0.5) is 0 Å². The summed E-state index contributed by atoms with van der Waals surface area (Å²) in [4.78, 5) is 23.7. The summed E-state index contributed by atoms with van der Waals surface area (Å²) in [6.07, 6.45) is 2.87. The van der Waals surface area contributed by atoms with Crippen LogP contribution in [0.15, 0.2) is 57.8 Å². The van der Waals surface area contributed by atoms with Crippen LogP contribution in [0.2, 0.25) is 5.02 Å². The first-order valence-electron chi connectivity index (χ1n) is 8.04. The lowest BCUT2D eigenvalue weighted by Gasteiger charge is -2.07. The second kappa shape index (κ2) is 7.90. The van der Waals surface area contributed by atoms with Crippen molar-refractivity contribution in [2.45, 2.75) is 13.5 Å². The summed E-state index contributed by atoms with van der Waals surface area (Å²) < 4.78 is 10.4. The zero-order chi connectivity index (χ0) is 19.4. The highest BCUT2D eigenvalue weighted by Gasteiger charge is 2.10. The van der Waals surface area contributed by atoms with Gasteiger partial charge in [-0.05, 0) is 48.4 Å². The van der Waals surface area contributed by atoms with E-state index >= 15 is 0 Å². The number of ether oxygens (including phenoxy) is 1. The monoisotopic (exact) mass is 379 g/mol. The van der Waals surface area contributed by atoms with Gasteiger partial charge in [-0.3, -0.25) is 0 Å². The largest absolute Gasteiger partial charge is 0.458 e. The van der Waals surface area contributed by atoms with Crippen LogP contribution >= 0.6 is 11.6 Å². The Balaban J connectivity index is 1.75. The van der Waals surface area contributed by atoms with E-state index in [9.17, 15) is 9.59 Å². The van der Waals surface area contributed by atoms with Crippen LogP contribution in [0.3, 0.4) is 0 Å². The van der Waals surface area contributed by atoms with E-state index in [1.54, 1.807) is 42.5 Å². The normalized spacial score (nSPS) is 10.9. The van der Waals surface area contributed by atoms with Gasteiger partial charge in [-0.25, -0.2) is 9.59 Å². The van der Waals surface area contributed by atoms with E-state index in [2.05, 4.69) is 0 Å². The molecule has 0 saturated heterocycles. The molecule has 0 amide bonds. The molecular formula is C21H14ClNO4. The Bertz CT molecular complexity index is 1140. The zero-order valence-corrected chi connectivity index (χ0v) is 15.1. The van der Waals surface area contributed by atoms with Crippen LogP contribution < -0.4 is 5.63 Å². The van der Waals surface area contributed by atoms with Gasteiger partial charge in [-0.1, -0.05) is 23.7 Å². The molecular weight excluding hydrogens is 366 g/mol. The molecule has 0 saturated carbocycles. The molecule has 0 bridgehead atoms. The van der Waals surface area contributed by atoms with E-state index in [4.69, 9.17) is 26.0 Å². The van der Waals surface area contributed by atoms with Gasteiger partial charge < -0.3 is 9.15 Å². The molecule has 6 heteroatoms. The van der Waals surface area contributed by atoms with Gasteiger partial charge in [0.2, 0.25) is 0 Å². The molecule has 0 fully saturated rings. The Morgan fingerprint density at radius 1 is 1.26 bits per heavy atom. The van der Waals surface area contributed by atoms with Gasteiger partial charge in [0, 0.05) is 28.1 Å². The molecule has 0 spiro atoms. The summed E-state index contributed by atoms with van der Waals surface area (Å²) in [5.74, 6) is -0.557. The topological polar surface area (TPSA) is 80.3 Å². The van der Waals surface area contributed by atoms with Crippen LogP contribution in [0, 0.1) is 18.3 Å². The molecule has 5 nitrogen and oxygen atoms in total. The van der Waals surface area contributed by atoms with Crippen molar-refractivity contribution in [3.05, 3.63) is 86.2 Å². The Hall–Kier alpha value is -3.36. The number of nitriles is 1. The lowest BCUT2D eigenvalue weighted by Crippen LogP contribution is -2.05. The van der Waals surface area contributed by atoms with Crippen molar-refractivity contribution in [3.63, 3.8) is 0 Å². The van der Waals surface area contributed by atoms with Gasteiger partial charge in [0.1, 0.15) is 12.2 Å². The third-order valence-corrected chi connectivity index (χ3v) is 4.34. The van der Waals surface area contributed by atoms with E-state index in [0.29, 0.717) is 27.1 Å². The molecule has 134 valence electrons. The fourth-order valence-corrected chi connectivity index (χ4v) is 2.66. The standard InChI is InChI=1S/C21H14ClNO4/c1-13-8-19-17(10-18(13)22)16(9-21(25)27-19)12-26-20(24)7-6-14-2-4-15(11-23)5-3-14/h2-10H,12H2,1H3/b7-6+. The number of aryl methyl sites for hydroxylation is 1.